The lowest BCUT2D eigenvalue weighted by Gasteiger charge is -2.39. The van der Waals surface area contributed by atoms with Crippen molar-refractivity contribution < 1.29 is 0 Å². The Morgan fingerprint density at radius 2 is 1.70 bits per heavy atom. The lowest BCUT2D eigenvalue weighted by atomic mass is 10.0. The Kier molecular flexibility index (Phi) is 6.74. The summed E-state index contributed by atoms with van der Waals surface area (Å²) in [5, 5.41) is 0. The smallest absolute Gasteiger partial charge is 0.156 e. The number of nitrogens with one attached hydrogen (secondary N) is 1. The van der Waals surface area contributed by atoms with Crippen LogP contribution in [0.4, 0.5) is 5.82 Å². The predicted molar refractivity (Wildman–Crippen MR) is 135 cm³/mol. The van der Waals surface area contributed by atoms with Crippen molar-refractivity contribution in [2.75, 3.05) is 44.2 Å². The van der Waals surface area contributed by atoms with Gasteiger partial charge in [0.2, 0.25) is 0 Å². The van der Waals surface area contributed by atoms with E-state index in [2.05, 4.69) is 62.8 Å². The van der Waals surface area contributed by atoms with Gasteiger partial charge in [-0.25, -0.2) is 9.97 Å². The van der Waals surface area contributed by atoms with Gasteiger partial charge in [0.1, 0.15) is 11.5 Å². The molecule has 0 unspecified atom stereocenters. The van der Waals surface area contributed by atoms with Gasteiger partial charge < -0.3 is 14.8 Å². The van der Waals surface area contributed by atoms with Crippen LogP contribution in [-0.2, 0) is 0 Å². The Bertz CT molecular complexity index is 1020. The molecule has 0 saturated carbocycles. The molecule has 0 spiro atoms. The molecule has 1 aromatic carbocycles. The number of likely N-dealkylation sites (tertiary alicyclic amines) is 1. The number of benzene rings is 1. The van der Waals surface area contributed by atoms with Crippen molar-refractivity contribution in [1.29, 1.82) is 0 Å². The summed E-state index contributed by atoms with van der Waals surface area (Å²) >= 11 is 0. The molecular formula is C27H36N6. The van der Waals surface area contributed by atoms with Crippen molar-refractivity contribution in [3.05, 3.63) is 54.7 Å². The normalized spacial score (nSPS) is 19.2. The molecule has 2 fully saturated rings. The number of anilines is 1. The minimum Gasteiger partial charge on any atom is -0.355 e. The van der Waals surface area contributed by atoms with E-state index in [0.29, 0.717) is 6.04 Å². The number of hydrogen-bond donors (Lipinski definition) is 1. The monoisotopic (exact) mass is 444 g/mol. The highest BCUT2D eigenvalue weighted by Gasteiger charge is 2.27. The molecule has 33 heavy (non-hydrogen) atoms. The summed E-state index contributed by atoms with van der Waals surface area (Å²) in [7, 11) is 0. The highest BCUT2D eigenvalue weighted by molar-refractivity contribution is 5.63. The lowest BCUT2D eigenvalue weighted by molar-refractivity contribution is 0.0965. The first kappa shape index (κ1) is 22.1. The van der Waals surface area contributed by atoms with Crippen LogP contribution in [0.25, 0.3) is 22.8 Å². The lowest BCUT2D eigenvalue weighted by Crippen LogP contribution is -2.47. The van der Waals surface area contributed by atoms with Crippen molar-refractivity contribution in [2.24, 2.45) is 0 Å². The molecule has 6 nitrogen and oxygen atoms in total. The zero-order valence-corrected chi connectivity index (χ0v) is 20.0. The fourth-order valence-corrected chi connectivity index (χ4v) is 5.25. The maximum atomic E-state index is 4.99. The van der Waals surface area contributed by atoms with Gasteiger partial charge in [0.05, 0.1) is 11.9 Å². The molecule has 2 aliphatic rings. The first-order valence-corrected chi connectivity index (χ1v) is 12.5. The van der Waals surface area contributed by atoms with Crippen LogP contribution in [0, 0.1) is 0 Å². The molecule has 0 radical (unpaired) electrons. The molecule has 0 aliphatic carbocycles. The van der Waals surface area contributed by atoms with Crippen molar-refractivity contribution in [2.45, 2.75) is 45.2 Å². The van der Waals surface area contributed by atoms with Crippen molar-refractivity contribution in [1.82, 2.24) is 24.8 Å². The maximum Gasteiger partial charge on any atom is 0.156 e. The third kappa shape index (κ3) is 5.12. The van der Waals surface area contributed by atoms with Gasteiger partial charge in [-0.3, -0.25) is 4.90 Å². The Morgan fingerprint density at radius 1 is 0.879 bits per heavy atom. The molecule has 2 saturated heterocycles. The van der Waals surface area contributed by atoms with Crippen molar-refractivity contribution >= 4 is 5.82 Å². The fourth-order valence-electron chi connectivity index (χ4n) is 5.25. The largest absolute Gasteiger partial charge is 0.355 e. The third-order valence-electron chi connectivity index (χ3n) is 7.24. The predicted octanol–water partition coefficient (Wildman–Crippen LogP) is 4.52. The van der Waals surface area contributed by atoms with Gasteiger partial charge in [0.25, 0.3) is 0 Å². The van der Waals surface area contributed by atoms with Gasteiger partial charge >= 0.3 is 0 Å². The van der Waals surface area contributed by atoms with Gasteiger partial charge in [-0.05, 0) is 63.9 Å². The Labute approximate surface area is 197 Å². The van der Waals surface area contributed by atoms with E-state index in [4.69, 9.17) is 4.98 Å². The Balaban J connectivity index is 1.24. The molecule has 2 aromatic heterocycles. The molecule has 174 valence electrons. The Hall–Kier alpha value is -2.70. The number of piperidine rings is 1. The van der Waals surface area contributed by atoms with E-state index in [-0.39, 0.29) is 0 Å². The van der Waals surface area contributed by atoms with E-state index in [1.54, 1.807) is 0 Å². The summed E-state index contributed by atoms with van der Waals surface area (Å²) in [6.07, 6.45) is 5.69. The maximum absolute atomic E-state index is 4.99. The number of aromatic amines is 1. The number of aromatic nitrogens is 3. The number of imidazole rings is 1. The van der Waals surface area contributed by atoms with Crippen LogP contribution in [0.15, 0.2) is 54.7 Å². The van der Waals surface area contributed by atoms with Crippen LogP contribution < -0.4 is 4.90 Å². The average molecular weight is 445 g/mol. The first-order valence-electron chi connectivity index (χ1n) is 12.5. The van der Waals surface area contributed by atoms with Crippen LogP contribution >= 0.6 is 0 Å². The minimum absolute atomic E-state index is 0.668. The van der Waals surface area contributed by atoms with E-state index in [1.165, 1.54) is 38.9 Å². The number of hydrogen-bond acceptors (Lipinski definition) is 5. The number of nitrogens with zero attached hydrogens (tertiary/aromatic N) is 5. The second-order valence-corrected chi connectivity index (χ2v) is 9.63. The molecule has 4 heterocycles. The summed E-state index contributed by atoms with van der Waals surface area (Å²) in [5.41, 5.74) is 3.06. The summed E-state index contributed by atoms with van der Waals surface area (Å²) in [5.74, 6) is 1.88. The molecule has 0 amide bonds. The second-order valence-electron chi connectivity index (χ2n) is 9.63. The van der Waals surface area contributed by atoms with Gasteiger partial charge in [0, 0.05) is 38.3 Å². The topological polar surface area (TPSA) is 51.3 Å². The van der Waals surface area contributed by atoms with Gasteiger partial charge in [0.15, 0.2) is 5.82 Å². The highest BCUT2D eigenvalue weighted by atomic mass is 15.3. The van der Waals surface area contributed by atoms with E-state index < -0.39 is 0 Å². The second kappa shape index (κ2) is 10.1. The molecule has 6 heteroatoms. The molecule has 2 aliphatic heterocycles. The number of rotatable bonds is 5. The molecule has 3 aromatic rings. The molecule has 0 atom stereocenters. The summed E-state index contributed by atoms with van der Waals surface area (Å²) < 4.78 is 0. The number of H-pyrrole nitrogens is 1. The van der Waals surface area contributed by atoms with Gasteiger partial charge in [-0.15, -0.1) is 0 Å². The van der Waals surface area contributed by atoms with Crippen LogP contribution in [0.2, 0.25) is 0 Å². The minimum atomic E-state index is 0.668. The molecule has 5 rings (SSSR count). The third-order valence-corrected chi connectivity index (χ3v) is 7.24. The zero-order chi connectivity index (χ0) is 22.6. The van der Waals surface area contributed by atoms with Gasteiger partial charge in [-0.2, -0.15) is 0 Å². The highest BCUT2D eigenvalue weighted by Crippen LogP contribution is 2.24. The SMILES string of the molecule is CC(C)N1CCC(N2CCCN(c3cccc(-c4ncc(-c5ccccc5)[nH]4)n3)CC2)CC1. The van der Waals surface area contributed by atoms with Crippen LogP contribution in [0.5, 0.6) is 0 Å². The van der Waals surface area contributed by atoms with Crippen molar-refractivity contribution in [3.8, 4) is 22.8 Å². The average Bonchev–Trinajstić information content (AvgIpc) is 3.23. The van der Waals surface area contributed by atoms with Crippen LogP contribution in [0.1, 0.15) is 33.1 Å². The van der Waals surface area contributed by atoms with Crippen LogP contribution in [-0.4, -0.2) is 76.1 Å². The fraction of sp³-hybridized carbons (Fsp3) is 0.481. The first-order chi connectivity index (χ1) is 16.2. The molecule has 1 N–H and O–H groups in total. The van der Waals surface area contributed by atoms with Crippen molar-refractivity contribution in [3.63, 3.8) is 0 Å². The zero-order valence-electron chi connectivity index (χ0n) is 20.0. The molecular weight excluding hydrogens is 408 g/mol. The van der Waals surface area contributed by atoms with E-state index in [0.717, 1.165) is 54.3 Å². The summed E-state index contributed by atoms with van der Waals surface area (Å²) in [4.78, 5) is 20.9. The van der Waals surface area contributed by atoms with E-state index >= 15 is 0 Å². The van der Waals surface area contributed by atoms with E-state index in [9.17, 15) is 0 Å². The summed E-state index contributed by atoms with van der Waals surface area (Å²) in [6, 6.07) is 18.0. The number of pyridine rings is 1. The Morgan fingerprint density at radius 3 is 2.48 bits per heavy atom. The van der Waals surface area contributed by atoms with E-state index in [1.807, 2.05) is 30.5 Å². The van der Waals surface area contributed by atoms with Gasteiger partial charge in [-0.1, -0.05) is 36.4 Å². The quantitative estimate of drug-likeness (QED) is 0.627. The standard InChI is InChI=1S/C27H36N6/c1-21(2)31-16-12-23(13-17-31)32-14-7-15-33(19-18-32)26-11-6-10-24(29-26)27-28-20-25(30-27)22-8-4-3-5-9-22/h3-6,8-11,20-21,23H,7,12-19H2,1-2H3,(H,28,30). The molecule has 0 bridgehead atoms. The van der Waals surface area contributed by atoms with Crippen LogP contribution in [0.3, 0.4) is 0 Å². The summed E-state index contributed by atoms with van der Waals surface area (Å²) in [6.45, 7) is 11.5.